The van der Waals surface area contributed by atoms with Crippen molar-refractivity contribution in [3.05, 3.63) is 46.7 Å². The maximum Gasteiger partial charge on any atom is 0.319 e. The van der Waals surface area contributed by atoms with Crippen molar-refractivity contribution in [3.63, 3.8) is 0 Å². The third kappa shape index (κ3) is 4.40. The van der Waals surface area contributed by atoms with Crippen molar-refractivity contribution >= 4 is 33.9 Å². The molecule has 0 aliphatic carbocycles. The van der Waals surface area contributed by atoms with Gasteiger partial charge in [0.2, 0.25) is 0 Å². The van der Waals surface area contributed by atoms with Crippen molar-refractivity contribution < 1.29 is 14.1 Å². The van der Waals surface area contributed by atoms with E-state index in [1.54, 1.807) is 37.4 Å². The van der Waals surface area contributed by atoms with Crippen molar-refractivity contribution in [1.29, 1.82) is 0 Å². The Morgan fingerprint density at radius 3 is 2.55 bits per heavy atom. The number of urea groups is 1. The average molecular weight is 338 g/mol. The fourth-order valence-corrected chi connectivity index (χ4v) is 3.13. The van der Waals surface area contributed by atoms with Gasteiger partial charge in [-0.2, -0.15) is 11.3 Å². The predicted molar refractivity (Wildman–Crippen MR) is 89.7 cm³/mol. The Morgan fingerprint density at radius 2 is 2.00 bits per heavy atom. The zero-order chi connectivity index (χ0) is 16.2. The minimum Gasteiger partial charge on any atom is -0.384 e. The van der Waals surface area contributed by atoms with Gasteiger partial charge < -0.3 is 15.7 Å². The standard InChI is InChI=1S/C15H18N2O3S2/c1-15(19,11-7-8-21-9-11)10-16-14(18)17-12-3-5-13(6-4-12)22(2)20/h3-9,19H,10H2,1-2H3,(H2,16,17,18). The first kappa shape index (κ1) is 16.7. The molecule has 2 unspecified atom stereocenters. The molecule has 5 nitrogen and oxygen atoms in total. The van der Waals surface area contributed by atoms with Gasteiger partial charge in [0.15, 0.2) is 0 Å². The van der Waals surface area contributed by atoms with Crippen LogP contribution >= 0.6 is 11.3 Å². The zero-order valence-corrected chi connectivity index (χ0v) is 14.0. The highest BCUT2D eigenvalue weighted by molar-refractivity contribution is 7.84. The zero-order valence-electron chi connectivity index (χ0n) is 12.3. The van der Waals surface area contributed by atoms with Gasteiger partial charge in [-0.25, -0.2) is 4.79 Å². The lowest BCUT2D eigenvalue weighted by atomic mass is 9.99. The fraction of sp³-hybridized carbons (Fsp3) is 0.267. The maximum absolute atomic E-state index is 11.9. The first-order chi connectivity index (χ1) is 10.4. The van der Waals surface area contributed by atoms with Gasteiger partial charge in [-0.3, -0.25) is 4.21 Å². The van der Waals surface area contributed by atoms with Crippen molar-refractivity contribution in [2.75, 3.05) is 18.1 Å². The largest absolute Gasteiger partial charge is 0.384 e. The van der Waals surface area contributed by atoms with Crippen LogP contribution in [0.15, 0.2) is 46.0 Å². The molecule has 0 spiro atoms. The number of carbonyl (C=O) groups excluding carboxylic acids is 1. The number of rotatable bonds is 5. The number of hydrogen-bond donors (Lipinski definition) is 3. The Morgan fingerprint density at radius 1 is 1.32 bits per heavy atom. The average Bonchev–Trinajstić information content (AvgIpc) is 3.01. The molecule has 118 valence electrons. The molecule has 2 aromatic rings. The van der Waals surface area contributed by atoms with Crippen LogP contribution in [-0.4, -0.2) is 28.1 Å². The summed E-state index contributed by atoms with van der Waals surface area (Å²) < 4.78 is 11.3. The highest BCUT2D eigenvalue weighted by atomic mass is 32.2. The first-order valence-electron chi connectivity index (χ1n) is 6.62. The fourth-order valence-electron chi connectivity index (χ4n) is 1.83. The van der Waals surface area contributed by atoms with Gasteiger partial charge in [-0.05, 0) is 53.6 Å². The SMILES string of the molecule is CS(=O)c1ccc(NC(=O)NCC(C)(O)c2ccsc2)cc1. The summed E-state index contributed by atoms with van der Waals surface area (Å²) in [7, 11) is -1.04. The lowest BCUT2D eigenvalue weighted by Gasteiger charge is -2.22. The maximum atomic E-state index is 11.9. The molecule has 1 aromatic carbocycles. The third-order valence-electron chi connectivity index (χ3n) is 3.18. The molecule has 2 atom stereocenters. The van der Waals surface area contributed by atoms with Gasteiger partial charge in [0.05, 0.1) is 6.54 Å². The molecule has 1 heterocycles. The molecule has 3 N–H and O–H groups in total. The van der Waals surface area contributed by atoms with Gasteiger partial charge in [-0.15, -0.1) is 0 Å². The Labute approximate surface area is 135 Å². The monoisotopic (exact) mass is 338 g/mol. The number of thiophene rings is 1. The van der Waals surface area contributed by atoms with E-state index in [0.29, 0.717) is 10.6 Å². The van der Waals surface area contributed by atoms with Crippen molar-refractivity contribution in [2.45, 2.75) is 17.4 Å². The number of hydrogen-bond acceptors (Lipinski definition) is 4. The van der Waals surface area contributed by atoms with Gasteiger partial charge >= 0.3 is 6.03 Å². The summed E-state index contributed by atoms with van der Waals surface area (Å²) in [6.07, 6.45) is 1.60. The molecule has 0 radical (unpaired) electrons. The molecule has 0 saturated carbocycles. The Bertz CT molecular complexity index is 652. The van der Waals surface area contributed by atoms with Crippen molar-refractivity contribution in [2.24, 2.45) is 0 Å². The normalized spacial score (nSPS) is 14.9. The van der Waals surface area contributed by atoms with Crippen LogP contribution in [0.25, 0.3) is 0 Å². The minimum atomic E-state index is -1.11. The van der Waals surface area contributed by atoms with Crippen LogP contribution in [0, 0.1) is 0 Å². The van der Waals surface area contributed by atoms with E-state index in [0.717, 1.165) is 5.56 Å². The Hall–Kier alpha value is -1.70. The lowest BCUT2D eigenvalue weighted by Crippen LogP contribution is -2.40. The van der Waals surface area contributed by atoms with Crippen LogP contribution in [0.3, 0.4) is 0 Å². The molecule has 1 aromatic heterocycles. The van der Waals surface area contributed by atoms with Gasteiger partial charge in [0, 0.05) is 27.6 Å². The third-order valence-corrected chi connectivity index (χ3v) is 4.80. The molecule has 2 amide bonds. The molecule has 0 aliphatic rings. The smallest absolute Gasteiger partial charge is 0.319 e. The van der Waals surface area contributed by atoms with Crippen LogP contribution in [0.2, 0.25) is 0 Å². The highest BCUT2D eigenvalue weighted by Crippen LogP contribution is 2.22. The number of amides is 2. The van der Waals surface area contributed by atoms with E-state index in [2.05, 4.69) is 10.6 Å². The molecule has 2 rings (SSSR count). The van der Waals surface area contributed by atoms with Crippen LogP contribution in [0.5, 0.6) is 0 Å². The molecule has 0 aliphatic heterocycles. The molecule has 22 heavy (non-hydrogen) atoms. The van der Waals surface area contributed by atoms with Gasteiger partial charge in [0.1, 0.15) is 5.60 Å². The molecule has 0 saturated heterocycles. The van der Waals surface area contributed by atoms with Gasteiger partial charge in [0.25, 0.3) is 0 Å². The second-order valence-corrected chi connectivity index (χ2v) is 7.23. The van der Waals surface area contributed by atoms with Crippen LogP contribution in [0.4, 0.5) is 10.5 Å². The molecular weight excluding hydrogens is 320 g/mol. The number of aliphatic hydroxyl groups is 1. The summed E-state index contributed by atoms with van der Waals surface area (Å²) in [5.41, 5.74) is 0.259. The molecule has 0 fully saturated rings. The van der Waals surface area contributed by atoms with E-state index >= 15 is 0 Å². The lowest BCUT2D eigenvalue weighted by molar-refractivity contribution is 0.0604. The van der Waals surface area contributed by atoms with E-state index in [9.17, 15) is 14.1 Å². The van der Waals surface area contributed by atoms with Crippen molar-refractivity contribution in [1.82, 2.24) is 5.32 Å². The van der Waals surface area contributed by atoms with E-state index in [1.165, 1.54) is 11.3 Å². The van der Waals surface area contributed by atoms with E-state index in [4.69, 9.17) is 0 Å². The first-order valence-corrected chi connectivity index (χ1v) is 9.12. The van der Waals surface area contributed by atoms with Crippen molar-refractivity contribution in [3.8, 4) is 0 Å². The van der Waals surface area contributed by atoms with Crippen LogP contribution < -0.4 is 10.6 Å². The Balaban J connectivity index is 1.89. The van der Waals surface area contributed by atoms with E-state index < -0.39 is 22.4 Å². The second-order valence-electron chi connectivity index (χ2n) is 5.07. The number of benzene rings is 1. The summed E-state index contributed by atoms with van der Waals surface area (Å²) in [5.74, 6) is 0. The second kappa shape index (κ2) is 7.04. The molecule has 0 bridgehead atoms. The summed E-state index contributed by atoms with van der Waals surface area (Å²) in [4.78, 5) is 12.6. The highest BCUT2D eigenvalue weighted by Gasteiger charge is 2.24. The number of nitrogens with one attached hydrogen (secondary N) is 2. The molecule has 7 heteroatoms. The quantitative estimate of drug-likeness (QED) is 0.784. The number of anilines is 1. The molecular formula is C15H18N2O3S2. The van der Waals surface area contributed by atoms with Crippen LogP contribution in [0.1, 0.15) is 12.5 Å². The summed E-state index contributed by atoms with van der Waals surface area (Å²) in [6, 6.07) is 8.20. The minimum absolute atomic E-state index is 0.104. The summed E-state index contributed by atoms with van der Waals surface area (Å²) in [5, 5.41) is 19.4. The number of carbonyl (C=O) groups is 1. The topological polar surface area (TPSA) is 78.4 Å². The van der Waals surface area contributed by atoms with Crippen LogP contribution in [-0.2, 0) is 16.4 Å². The van der Waals surface area contributed by atoms with E-state index in [-0.39, 0.29) is 6.54 Å². The summed E-state index contributed by atoms with van der Waals surface area (Å²) >= 11 is 1.49. The summed E-state index contributed by atoms with van der Waals surface area (Å²) in [6.45, 7) is 1.76. The van der Waals surface area contributed by atoms with E-state index in [1.807, 2.05) is 16.8 Å². The Kier molecular flexibility index (Phi) is 5.33. The van der Waals surface area contributed by atoms with Gasteiger partial charge in [-0.1, -0.05) is 0 Å². The predicted octanol–water partition coefficient (Wildman–Crippen LogP) is 2.51.